The van der Waals surface area contributed by atoms with Crippen LogP contribution in [0.2, 0.25) is 5.02 Å². The van der Waals surface area contributed by atoms with Crippen LogP contribution in [0.3, 0.4) is 0 Å². The second-order valence-electron chi connectivity index (χ2n) is 7.00. The van der Waals surface area contributed by atoms with Crippen molar-refractivity contribution in [1.82, 2.24) is 15.2 Å². The molecule has 0 aliphatic carbocycles. The molecule has 1 aliphatic heterocycles. The lowest BCUT2D eigenvalue weighted by Gasteiger charge is -2.17. The summed E-state index contributed by atoms with van der Waals surface area (Å²) in [4.78, 5) is 33.3. The Bertz CT molecular complexity index is 1050. The van der Waals surface area contributed by atoms with Gasteiger partial charge < -0.3 is 10.2 Å². The summed E-state index contributed by atoms with van der Waals surface area (Å²) in [5.74, 6) is -0.424. The molecule has 0 bridgehead atoms. The van der Waals surface area contributed by atoms with Crippen LogP contribution in [-0.4, -0.2) is 28.2 Å². The van der Waals surface area contributed by atoms with Gasteiger partial charge >= 0.3 is 0 Å². The average Bonchev–Trinajstić information content (AvgIpc) is 3.42. The van der Waals surface area contributed by atoms with Crippen LogP contribution in [0.4, 0.5) is 0 Å². The normalized spacial score (nSPS) is 16.4. The molecule has 4 rings (SSSR count). The van der Waals surface area contributed by atoms with Crippen LogP contribution < -0.4 is 5.32 Å². The van der Waals surface area contributed by atoms with Crippen molar-refractivity contribution in [3.63, 3.8) is 0 Å². The number of benzene rings is 1. The topological polar surface area (TPSA) is 62.3 Å². The molecule has 1 aliphatic rings. The molecule has 3 heterocycles. The first-order valence-corrected chi connectivity index (χ1v) is 11.4. The number of likely N-dealkylation sites (tertiary alicyclic amines) is 1. The van der Waals surface area contributed by atoms with Crippen LogP contribution in [-0.2, 0) is 22.7 Å². The molecular formula is C21H20ClN3O2S2. The molecule has 1 aromatic carbocycles. The molecule has 1 fully saturated rings. The number of amides is 2. The van der Waals surface area contributed by atoms with E-state index in [1.807, 2.05) is 48.7 Å². The first-order chi connectivity index (χ1) is 14.0. The second kappa shape index (κ2) is 8.65. The molecule has 0 spiro atoms. The number of carbonyl (C=O) groups is 2. The van der Waals surface area contributed by atoms with Gasteiger partial charge in [0.2, 0.25) is 11.8 Å². The molecule has 5 nitrogen and oxygen atoms in total. The standard InChI is InChI=1S/C21H20ClN3O2S2/c1-13-24-18(12-28-13)19-7-6-16(29-19)9-23-21(27)15-8-20(26)25(11-15)10-14-4-2-3-5-17(14)22/h2-7,12,15H,8-11H2,1H3,(H,23,27)/t15-/m0/s1. The minimum atomic E-state index is -0.328. The summed E-state index contributed by atoms with van der Waals surface area (Å²) in [5, 5.41) is 6.69. The van der Waals surface area contributed by atoms with Crippen LogP contribution in [0.25, 0.3) is 10.6 Å². The van der Waals surface area contributed by atoms with E-state index in [9.17, 15) is 9.59 Å². The highest BCUT2D eigenvalue weighted by Gasteiger charge is 2.34. The minimum Gasteiger partial charge on any atom is -0.351 e. The number of aryl methyl sites for hydroxylation is 1. The van der Waals surface area contributed by atoms with Crippen LogP contribution >= 0.6 is 34.3 Å². The zero-order valence-electron chi connectivity index (χ0n) is 15.9. The SMILES string of the molecule is Cc1nc(-c2ccc(CNC(=O)[C@H]3CC(=O)N(Cc4ccccc4Cl)C3)s2)cs1. The Morgan fingerprint density at radius 3 is 2.90 bits per heavy atom. The van der Waals surface area contributed by atoms with Gasteiger partial charge in [0.05, 0.1) is 28.0 Å². The number of thiophene rings is 1. The Morgan fingerprint density at radius 2 is 2.14 bits per heavy atom. The van der Waals surface area contributed by atoms with E-state index in [4.69, 9.17) is 11.6 Å². The lowest BCUT2D eigenvalue weighted by atomic mass is 10.1. The first kappa shape index (κ1) is 20.1. The van der Waals surface area contributed by atoms with Crippen molar-refractivity contribution < 1.29 is 9.59 Å². The molecule has 0 radical (unpaired) electrons. The van der Waals surface area contributed by atoms with Gasteiger partial charge in [0.1, 0.15) is 0 Å². The van der Waals surface area contributed by atoms with Crippen molar-refractivity contribution in [3.8, 4) is 10.6 Å². The summed E-state index contributed by atoms with van der Waals surface area (Å²) in [6.07, 6.45) is 0.240. The van der Waals surface area contributed by atoms with Gasteiger partial charge in [-0.3, -0.25) is 9.59 Å². The fourth-order valence-electron chi connectivity index (χ4n) is 3.34. The predicted molar refractivity (Wildman–Crippen MR) is 117 cm³/mol. The maximum absolute atomic E-state index is 12.6. The molecule has 1 saturated heterocycles. The highest BCUT2D eigenvalue weighted by atomic mass is 35.5. The number of aromatic nitrogens is 1. The quantitative estimate of drug-likeness (QED) is 0.607. The van der Waals surface area contributed by atoms with E-state index < -0.39 is 0 Å². The molecule has 3 aromatic rings. The van der Waals surface area contributed by atoms with E-state index in [0.29, 0.717) is 24.7 Å². The third-order valence-corrected chi connectivity index (χ3v) is 7.12. The van der Waals surface area contributed by atoms with Gasteiger partial charge in [-0.05, 0) is 30.7 Å². The first-order valence-electron chi connectivity index (χ1n) is 9.29. The van der Waals surface area contributed by atoms with Gasteiger partial charge in [-0.25, -0.2) is 4.98 Å². The largest absolute Gasteiger partial charge is 0.351 e. The number of carbonyl (C=O) groups excluding carboxylic acids is 2. The van der Waals surface area contributed by atoms with E-state index in [1.54, 1.807) is 27.6 Å². The van der Waals surface area contributed by atoms with Gasteiger partial charge in [0.15, 0.2) is 0 Å². The van der Waals surface area contributed by atoms with E-state index in [-0.39, 0.29) is 24.2 Å². The summed E-state index contributed by atoms with van der Waals surface area (Å²) < 4.78 is 0. The van der Waals surface area contributed by atoms with Crippen molar-refractivity contribution in [2.75, 3.05) is 6.54 Å². The molecule has 0 unspecified atom stereocenters. The number of thiazole rings is 1. The average molecular weight is 446 g/mol. The predicted octanol–water partition coefficient (Wildman–Crippen LogP) is 4.50. The summed E-state index contributed by atoms with van der Waals surface area (Å²) in [5.41, 5.74) is 1.87. The van der Waals surface area contributed by atoms with E-state index in [1.165, 1.54) is 0 Å². The fraction of sp³-hybridized carbons (Fsp3) is 0.286. The van der Waals surface area contributed by atoms with Crippen LogP contribution in [0, 0.1) is 12.8 Å². The van der Waals surface area contributed by atoms with Crippen molar-refractivity contribution in [2.24, 2.45) is 5.92 Å². The van der Waals surface area contributed by atoms with Crippen molar-refractivity contribution >= 4 is 46.1 Å². The number of nitrogens with one attached hydrogen (secondary N) is 1. The molecule has 29 heavy (non-hydrogen) atoms. The van der Waals surface area contributed by atoms with E-state index in [2.05, 4.69) is 10.3 Å². The Balaban J connectivity index is 1.32. The van der Waals surface area contributed by atoms with Gasteiger partial charge in [0, 0.05) is 34.8 Å². The second-order valence-corrected chi connectivity index (χ2v) is 9.64. The smallest absolute Gasteiger partial charge is 0.225 e. The van der Waals surface area contributed by atoms with Crippen molar-refractivity contribution in [2.45, 2.75) is 26.4 Å². The number of halogens is 1. The van der Waals surface area contributed by atoms with Crippen LogP contribution in [0.15, 0.2) is 41.8 Å². The lowest BCUT2D eigenvalue weighted by Crippen LogP contribution is -2.32. The summed E-state index contributed by atoms with van der Waals surface area (Å²) in [6, 6.07) is 11.5. The molecule has 0 saturated carbocycles. The minimum absolute atomic E-state index is 0.0117. The molecular weight excluding hydrogens is 426 g/mol. The zero-order valence-corrected chi connectivity index (χ0v) is 18.2. The Hall–Kier alpha value is -2.22. The monoisotopic (exact) mass is 445 g/mol. The highest BCUT2D eigenvalue weighted by molar-refractivity contribution is 7.16. The maximum atomic E-state index is 12.6. The molecule has 1 N–H and O–H groups in total. The molecule has 2 aromatic heterocycles. The number of hydrogen-bond acceptors (Lipinski definition) is 5. The van der Waals surface area contributed by atoms with Gasteiger partial charge in [0.25, 0.3) is 0 Å². The zero-order chi connectivity index (χ0) is 20.4. The van der Waals surface area contributed by atoms with Crippen molar-refractivity contribution in [3.05, 3.63) is 62.2 Å². The van der Waals surface area contributed by atoms with Crippen LogP contribution in [0.5, 0.6) is 0 Å². The van der Waals surface area contributed by atoms with Crippen molar-refractivity contribution in [1.29, 1.82) is 0 Å². The van der Waals surface area contributed by atoms with E-state index in [0.717, 1.165) is 26.0 Å². The Morgan fingerprint density at radius 1 is 1.31 bits per heavy atom. The fourth-order valence-corrected chi connectivity index (χ4v) is 5.13. The molecule has 1 atom stereocenters. The summed E-state index contributed by atoms with van der Waals surface area (Å²) in [7, 11) is 0. The van der Waals surface area contributed by atoms with Gasteiger partial charge in [-0.2, -0.15) is 0 Å². The molecule has 2 amide bonds. The highest BCUT2D eigenvalue weighted by Crippen LogP contribution is 2.29. The Kier molecular flexibility index (Phi) is 5.99. The van der Waals surface area contributed by atoms with Gasteiger partial charge in [-0.1, -0.05) is 29.8 Å². The third kappa shape index (κ3) is 4.69. The number of hydrogen-bond donors (Lipinski definition) is 1. The number of rotatable bonds is 6. The number of nitrogens with zero attached hydrogens (tertiary/aromatic N) is 2. The lowest BCUT2D eigenvalue weighted by molar-refractivity contribution is -0.129. The summed E-state index contributed by atoms with van der Waals surface area (Å²) >= 11 is 9.45. The molecule has 150 valence electrons. The maximum Gasteiger partial charge on any atom is 0.225 e. The van der Waals surface area contributed by atoms with E-state index >= 15 is 0 Å². The van der Waals surface area contributed by atoms with Crippen LogP contribution in [0.1, 0.15) is 21.9 Å². The summed E-state index contributed by atoms with van der Waals surface area (Å²) in [6.45, 7) is 3.30. The molecule has 8 heteroatoms. The third-order valence-electron chi connectivity index (χ3n) is 4.87. The van der Waals surface area contributed by atoms with Gasteiger partial charge in [-0.15, -0.1) is 22.7 Å². The Labute approximate surface area is 182 Å².